The molecular weight excluding hydrogens is 256 g/mol. The van der Waals surface area contributed by atoms with Gasteiger partial charge in [0, 0.05) is 17.3 Å². The number of rotatable bonds is 5. The van der Waals surface area contributed by atoms with Gasteiger partial charge in [-0.05, 0) is 5.92 Å². The molecule has 1 aromatic heterocycles. The minimum Gasteiger partial charge on any atom is -0.480 e. The van der Waals surface area contributed by atoms with Gasteiger partial charge in [-0.1, -0.05) is 29.9 Å². The number of aromatic nitrogens is 2. The van der Waals surface area contributed by atoms with Crippen LogP contribution in [-0.4, -0.2) is 25.9 Å². The van der Waals surface area contributed by atoms with Crippen molar-refractivity contribution in [2.75, 3.05) is 0 Å². The average molecular weight is 267 g/mol. The number of hydrogen-bond donors (Lipinski definition) is 1. The van der Waals surface area contributed by atoms with E-state index in [1.165, 1.54) is 11.8 Å². The summed E-state index contributed by atoms with van der Waals surface area (Å²) in [5.74, 6) is -0.225. The van der Waals surface area contributed by atoms with Crippen molar-refractivity contribution in [1.29, 1.82) is 0 Å². The fourth-order valence-corrected chi connectivity index (χ4v) is 2.86. The van der Waals surface area contributed by atoms with Crippen molar-refractivity contribution in [2.24, 2.45) is 5.92 Å². The minimum atomic E-state index is -0.797. The highest BCUT2D eigenvalue weighted by Gasteiger charge is 2.22. The molecule has 84 valence electrons. The smallest absolute Gasteiger partial charge is 0.316 e. The fraction of sp³-hybridized carbons (Fsp3) is 0.625. The number of halogens is 1. The van der Waals surface area contributed by atoms with Gasteiger partial charge in [-0.15, -0.1) is 16.9 Å². The highest BCUT2D eigenvalue weighted by molar-refractivity contribution is 7.99. The average Bonchev–Trinajstić information content (AvgIpc) is 2.51. The third-order valence-electron chi connectivity index (χ3n) is 1.76. The van der Waals surface area contributed by atoms with E-state index in [2.05, 4.69) is 9.59 Å². The van der Waals surface area contributed by atoms with E-state index in [1.54, 1.807) is 0 Å². The van der Waals surface area contributed by atoms with Crippen LogP contribution in [0.5, 0.6) is 0 Å². The molecule has 0 saturated heterocycles. The number of aliphatic carboxylic acids is 1. The Labute approximate surface area is 101 Å². The molecule has 0 amide bonds. The number of nitrogens with zero attached hydrogens (tertiary/aromatic N) is 2. The highest BCUT2D eigenvalue weighted by Crippen LogP contribution is 2.27. The Kier molecular flexibility index (Phi) is 4.82. The number of thioether (sulfide) groups is 1. The topological polar surface area (TPSA) is 63.1 Å². The third-order valence-corrected chi connectivity index (χ3v) is 4.29. The molecule has 4 nitrogen and oxygen atoms in total. The van der Waals surface area contributed by atoms with E-state index in [1.807, 2.05) is 13.8 Å². The maximum Gasteiger partial charge on any atom is 0.316 e. The first-order valence-corrected chi connectivity index (χ1v) is 6.53. The van der Waals surface area contributed by atoms with E-state index in [0.29, 0.717) is 15.8 Å². The van der Waals surface area contributed by atoms with Crippen molar-refractivity contribution in [1.82, 2.24) is 9.59 Å². The van der Waals surface area contributed by atoms with Crippen molar-refractivity contribution in [3.8, 4) is 0 Å². The van der Waals surface area contributed by atoms with Crippen molar-refractivity contribution in [2.45, 2.75) is 24.9 Å². The molecule has 1 aromatic rings. The van der Waals surface area contributed by atoms with Gasteiger partial charge in [0.25, 0.3) is 0 Å². The largest absolute Gasteiger partial charge is 0.480 e. The van der Waals surface area contributed by atoms with Crippen LogP contribution in [0.4, 0.5) is 0 Å². The molecule has 0 aliphatic carbocycles. The second-order valence-corrected chi connectivity index (χ2v) is 5.79. The van der Waals surface area contributed by atoms with Gasteiger partial charge in [-0.2, -0.15) is 0 Å². The van der Waals surface area contributed by atoms with Crippen LogP contribution in [0.15, 0.2) is 0 Å². The van der Waals surface area contributed by atoms with Crippen molar-refractivity contribution in [3.63, 3.8) is 0 Å². The van der Waals surface area contributed by atoms with Crippen molar-refractivity contribution in [3.05, 3.63) is 10.0 Å². The Hall–Kier alpha value is -0.330. The molecule has 1 rings (SSSR count). The lowest BCUT2D eigenvalue weighted by Gasteiger charge is -2.14. The van der Waals surface area contributed by atoms with E-state index in [4.69, 9.17) is 16.7 Å². The first kappa shape index (κ1) is 12.7. The second kappa shape index (κ2) is 5.67. The molecule has 0 saturated carbocycles. The van der Waals surface area contributed by atoms with E-state index < -0.39 is 11.2 Å². The van der Waals surface area contributed by atoms with Crippen LogP contribution in [0, 0.1) is 5.92 Å². The Morgan fingerprint density at radius 3 is 2.73 bits per heavy atom. The Balaban J connectivity index is 2.55. The van der Waals surface area contributed by atoms with Crippen LogP contribution < -0.4 is 0 Å². The molecule has 0 aromatic carbocycles. The van der Waals surface area contributed by atoms with E-state index >= 15 is 0 Å². The van der Waals surface area contributed by atoms with Crippen molar-refractivity contribution < 1.29 is 9.90 Å². The molecule has 1 atom stereocenters. The third kappa shape index (κ3) is 3.62. The molecule has 0 fully saturated rings. The number of carbonyl (C=O) groups is 1. The molecular formula is C8H11ClN2O2S2. The zero-order chi connectivity index (χ0) is 11.4. The molecule has 1 heterocycles. The molecule has 15 heavy (non-hydrogen) atoms. The lowest BCUT2D eigenvalue weighted by atomic mass is 10.1. The van der Waals surface area contributed by atoms with Gasteiger partial charge in [-0.3, -0.25) is 4.79 Å². The molecule has 7 heteroatoms. The van der Waals surface area contributed by atoms with Crippen LogP contribution in [-0.2, 0) is 10.5 Å². The van der Waals surface area contributed by atoms with Crippen LogP contribution in [0.3, 0.4) is 0 Å². The van der Waals surface area contributed by atoms with Crippen molar-refractivity contribution >= 4 is 40.9 Å². The van der Waals surface area contributed by atoms with Gasteiger partial charge in [0.2, 0.25) is 0 Å². The summed E-state index contributed by atoms with van der Waals surface area (Å²) in [6.45, 7) is 3.76. The van der Waals surface area contributed by atoms with E-state index in [-0.39, 0.29) is 5.92 Å². The molecule has 0 aliphatic rings. The summed E-state index contributed by atoms with van der Waals surface area (Å²) in [6.07, 6.45) is 0. The van der Waals surface area contributed by atoms with E-state index in [9.17, 15) is 4.79 Å². The zero-order valence-corrected chi connectivity index (χ0v) is 10.7. The number of carboxylic acids is 1. The maximum absolute atomic E-state index is 10.9. The van der Waals surface area contributed by atoms with E-state index in [0.717, 1.165) is 11.5 Å². The van der Waals surface area contributed by atoms with Gasteiger partial charge < -0.3 is 5.11 Å². The van der Waals surface area contributed by atoms with Gasteiger partial charge in [0.1, 0.15) is 15.3 Å². The summed E-state index contributed by atoms with van der Waals surface area (Å²) in [7, 11) is 0. The lowest BCUT2D eigenvalue weighted by Crippen LogP contribution is -2.22. The lowest BCUT2D eigenvalue weighted by molar-refractivity contribution is -0.137. The standard InChI is InChI=1S/C8H11ClN2O2S2/c1-4(2)6(8(12)13)14-3-5-7(9)15-11-10-5/h4,6H,3H2,1-2H3,(H,12,13). The van der Waals surface area contributed by atoms with Crippen LogP contribution in [0.1, 0.15) is 19.5 Å². The fourth-order valence-electron chi connectivity index (χ4n) is 1.00. The maximum atomic E-state index is 10.9. The highest BCUT2D eigenvalue weighted by atomic mass is 35.5. The van der Waals surface area contributed by atoms with Gasteiger partial charge in [-0.25, -0.2) is 0 Å². The molecule has 0 spiro atoms. The Bertz CT molecular complexity index is 343. The second-order valence-electron chi connectivity index (χ2n) is 3.31. The summed E-state index contributed by atoms with van der Waals surface area (Å²) in [6, 6.07) is 0. The summed E-state index contributed by atoms with van der Waals surface area (Å²) in [4.78, 5) is 10.9. The molecule has 1 unspecified atom stereocenters. The number of hydrogen-bond acceptors (Lipinski definition) is 5. The minimum absolute atomic E-state index is 0.0814. The summed E-state index contributed by atoms with van der Waals surface area (Å²) in [5, 5.41) is 12.4. The molecule has 0 aliphatic heterocycles. The first-order chi connectivity index (χ1) is 7.02. The molecule has 1 N–H and O–H groups in total. The number of carboxylic acid groups (broad SMARTS) is 1. The van der Waals surface area contributed by atoms with Crippen LogP contribution in [0.2, 0.25) is 4.34 Å². The van der Waals surface area contributed by atoms with Crippen LogP contribution in [0.25, 0.3) is 0 Å². The predicted molar refractivity (Wildman–Crippen MR) is 62.5 cm³/mol. The monoisotopic (exact) mass is 266 g/mol. The summed E-state index contributed by atoms with van der Waals surface area (Å²) < 4.78 is 4.23. The first-order valence-electron chi connectivity index (χ1n) is 4.33. The molecule has 0 radical (unpaired) electrons. The Morgan fingerprint density at radius 1 is 1.67 bits per heavy atom. The van der Waals surface area contributed by atoms with Gasteiger partial charge >= 0.3 is 5.97 Å². The predicted octanol–water partition coefficient (Wildman–Crippen LogP) is 2.53. The van der Waals surface area contributed by atoms with Crippen LogP contribution >= 0.6 is 34.9 Å². The zero-order valence-electron chi connectivity index (χ0n) is 8.31. The van der Waals surface area contributed by atoms with Gasteiger partial charge in [0.05, 0.1) is 0 Å². The van der Waals surface area contributed by atoms with Gasteiger partial charge in [0.15, 0.2) is 0 Å². The normalized spacial score (nSPS) is 13.1. The molecule has 0 bridgehead atoms. The SMILES string of the molecule is CC(C)C(SCc1nnsc1Cl)C(=O)O. The Morgan fingerprint density at radius 2 is 2.33 bits per heavy atom. The summed E-state index contributed by atoms with van der Waals surface area (Å²) >= 11 is 8.26. The summed E-state index contributed by atoms with van der Waals surface area (Å²) in [5.41, 5.74) is 0.665. The quantitative estimate of drug-likeness (QED) is 0.887.